The van der Waals surface area contributed by atoms with Gasteiger partial charge >= 0.3 is 5.97 Å². The van der Waals surface area contributed by atoms with Gasteiger partial charge < -0.3 is 16.2 Å². The molecule has 5 nitrogen and oxygen atoms in total. The van der Waals surface area contributed by atoms with E-state index in [0.717, 1.165) is 5.56 Å². The molecule has 21 heavy (non-hydrogen) atoms. The van der Waals surface area contributed by atoms with Crippen LogP contribution < -0.4 is 11.1 Å². The Morgan fingerprint density at radius 1 is 1.24 bits per heavy atom. The van der Waals surface area contributed by atoms with Crippen LogP contribution in [0.15, 0.2) is 30.3 Å². The third kappa shape index (κ3) is 5.55. The lowest BCUT2D eigenvalue weighted by Gasteiger charge is -2.27. The highest BCUT2D eigenvalue weighted by Gasteiger charge is 2.30. The predicted molar refractivity (Wildman–Crippen MR) is 81.8 cm³/mol. The maximum absolute atomic E-state index is 12.0. The number of nitrogens with two attached hydrogens (primary N) is 1. The second kappa shape index (κ2) is 7.22. The molecule has 0 fully saturated rings. The monoisotopic (exact) mass is 292 g/mol. The maximum Gasteiger partial charge on any atom is 0.326 e. The molecule has 1 rings (SSSR count). The van der Waals surface area contributed by atoms with Crippen LogP contribution in [0.4, 0.5) is 0 Å². The average Bonchev–Trinajstić information content (AvgIpc) is 2.42. The second-order valence-corrected chi connectivity index (χ2v) is 6.27. The number of amides is 1. The number of carboxylic acid groups (broad SMARTS) is 1. The lowest BCUT2D eigenvalue weighted by atomic mass is 9.86. The van der Waals surface area contributed by atoms with Crippen LogP contribution in [0.1, 0.15) is 32.8 Å². The van der Waals surface area contributed by atoms with Crippen molar-refractivity contribution in [2.75, 3.05) is 0 Å². The molecule has 0 aliphatic carbocycles. The quantitative estimate of drug-likeness (QED) is 0.742. The summed E-state index contributed by atoms with van der Waals surface area (Å²) in [6.45, 7) is 5.53. The summed E-state index contributed by atoms with van der Waals surface area (Å²) in [4.78, 5) is 23.3. The fourth-order valence-corrected chi connectivity index (χ4v) is 1.87. The zero-order valence-corrected chi connectivity index (χ0v) is 12.8. The molecule has 1 amide bonds. The Balaban J connectivity index is 2.62. The minimum Gasteiger partial charge on any atom is -0.480 e. The van der Waals surface area contributed by atoms with Crippen molar-refractivity contribution in [2.45, 2.75) is 45.7 Å². The molecule has 116 valence electrons. The van der Waals surface area contributed by atoms with E-state index in [-0.39, 0.29) is 0 Å². The van der Waals surface area contributed by atoms with Crippen LogP contribution in [-0.4, -0.2) is 29.1 Å². The fraction of sp³-hybridized carbons (Fsp3) is 0.500. The summed E-state index contributed by atoms with van der Waals surface area (Å²) >= 11 is 0. The van der Waals surface area contributed by atoms with Crippen LogP contribution >= 0.6 is 0 Å². The molecule has 4 N–H and O–H groups in total. The number of aryl methyl sites for hydroxylation is 1. The van der Waals surface area contributed by atoms with Gasteiger partial charge in [0.15, 0.2) is 0 Å². The zero-order valence-electron chi connectivity index (χ0n) is 12.8. The van der Waals surface area contributed by atoms with Gasteiger partial charge in [-0.05, 0) is 23.8 Å². The van der Waals surface area contributed by atoms with E-state index in [1.807, 2.05) is 51.1 Å². The van der Waals surface area contributed by atoms with E-state index < -0.39 is 29.4 Å². The number of rotatable bonds is 6. The third-order valence-electron chi connectivity index (χ3n) is 3.39. The summed E-state index contributed by atoms with van der Waals surface area (Å²) in [6, 6.07) is 7.91. The molecular weight excluding hydrogens is 268 g/mol. The van der Waals surface area contributed by atoms with E-state index in [9.17, 15) is 14.7 Å². The van der Waals surface area contributed by atoms with Crippen LogP contribution in [-0.2, 0) is 16.0 Å². The van der Waals surface area contributed by atoms with Crippen molar-refractivity contribution in [3.05, 3.63) is 35.9 Å². The number of nitrogens with one attached hydrogen (secondary N) is 1. The molecule has 0 spiro atoms. The standard InChI is InChI=1S/C16H24N2O3/c1-16(2,3)13(17)14(19)18-12(15(20)21)10-9-11-7-5-4-6-8-11/h4-8,12-13H,9-10,17H2,1-3H3,(H,18,19)(H,20,21)/t12-,13+/m0/s1. The maximum atomic E-state index is 12.0. The molecule has 0 bridgehead atoms. The Bertz CT molecular complexity index is 480. The molecule has 1 aromatic carbocycles. The Morgan fingerprint density at radius 2 is 1.81 bits per heavy atom. The topological polar surface area (TPSA) is 92.4 Å². The minimum atomic E-state index is -1.04. The lowest BCUT2D eigenvalue weighted by molar-refractivity contribution is -0.142. The molecule has 5 heteroatoms. The van der Waals surface area contributed by atoms with Crippen molar-refractivity contribution < 1.29 is 14.7 Å². The van der Waals surface area contributed by atoms with E-state index in [1.165, 1.54) is 0 Å². The van der Waals surface area contributed by atoms with E-state index in [2.05, 4.69) is 5.32 Å². The molecule has 0 saturated heterocycles. The number of hydrogen-bond donors (Lipinski definition) is 3. The van der Waals surface area contributed by atoms with Gasteiger partial charge in [0.1, 0.15) is 6.04 Å². The first-order chi connectivity index (χ1) is 9.71. The molecule has 0 aliphatic heterocycles. The van der Waals surface area contributed by atoms with Crippen LogP contribution in [0.3, 0.4) is 0 Å². The van der Waals surface area contributed by atoms with Crippen LogP contribution in [0.2, 0.25) is 0 Å². The average molecular weight is 292 g/mol. The highest BCUT2D eigenvalue weighted by molar-refractivity contribution is 5.87. The van der Waals surface area contributed by atoms with Gasteiger partial charge in [-0.15, -0.1) is 0 Å². The summed E-state index contributed by atoms with van der Waals surface area (Å²) in [5.74, 6) is -1.47. The SMILES string of the molecule is CC(C)(C)[C@H](N)C(=O)N[C@@H](CCc1ccccc1)C(=O)O. The molecule has 0 aromatic heterocycles. The van der Waals surface area contributed by atoms with Crippen molar-refractivity contribution in [1.82, 2.24) is 5.32 Å². The Morgan fingerprint density at radius 3 is 2.29 bits per heavy atom. The summed E-state index contributed by atoms with van der Waals surface area (Å²) in [6.07, 6.45) is 0.921. The van der Waals surface area contributed by atoms with Gasteiger partial charge in [-0.3, -0.25) is 4.79 Å². The van der Waals surface area contributed by atoms with Crippen LogP contribution in [0, 0.1) is 5.41 Å². The molecule has 2 atom stereocenters. The van der Waals surface area contributed by atoms with Crippen molar-refractivity contribution >= 4 is 11.9 Å². The number of carbonyl (C=O) groups is 2. The largest absolute Gasteiger partial charge is 0.480 e. The molecule has 0 saturated carbocycles. The number of benzene rings is 1. The molecule has 0 radical (unpaired) electrons. The van der Waals surface area contributed by atoms with E-state index in [0.29, 0.717) is 12.8 Å². The molecule has 0 unspecified atom stereocenters. The van der Waals surface area contributed by atoms with Crippen molar-refractivity contribution in [3.63, 3.8) is 0 Å². The van der Waals surface area contributed by atoms with E-state index >= 15 is 0 Å². The highest BCUT2D eigenvalue weighted by Crippen LogP contribution is 2.17. The van der Waals surface area contributed by atoms with Crippen molar-refractivity contribution in [1.29, 1.82) is 0 Å². The summed E-state index contributed by atoms with van der Waals surface area (Å²) < 4.78 is 0. The van der Waals surface area contributed by atoms with E-state index in [1.54, 1.807) is 0 Å². The predicted octanol–water partition coefficient (Wildman–Crippen LogP) is 1.56. The molecule has 0 heterocycles. The second-order valence-electron chi connectivity index (χ2n) is 6.27. The van der Waals surface area contributed by atoms with Gasteiger partial charge in [0.2, 0.25) is 5.91 Å². The number of carbonyl (C=O) groups excluding carboxylic acids is 1. The third-order valence-corrected chi connectivity index (χ3v) is 3.39. The first-order valence-corrected chi connectivity index (χ1v) is 7.04. The zero-order chi connectivity index (χ0) is 16.0. The summed E-state index contributed by atoms with van der Waals surface area (Å²) in [7, 11) is 0. The fourth-order valence-electron chi connectivity index (χ4n) is 1.87. The molecular formula is C16H24N2O3. The Kier molecular flexibility index (Phi) is 5.90. The van der Waals surface area contributed by atoms with E-state index in [4.69, 9.17) is 5.73 Å². The van der Waals surface area contributed by atoms with Gasteiger partial charge in [0.05, 0.1) is 6.04 Å². The first kappa shape index (κ1) is 17.2. The number of carboxylic acids is 1. The summed E-state index contributed by atoms with van der Waals surface area (Å²) in [5, 5.41) is 11.8. The first-order valence-electron chi connectivity index (χ1n) is 7.04. The van der Waals surface area contributed by atoms with Gasteiger partial charge in [-0.1, -0.05) is 51.1 Å². The normalized spacial score (nSPS) is 14.3. The van der Waals surface area contributed by atoms with Gasteiger partial charge in [0, 0.05) is 0 Å². The van der Waals surface area contributed by atoms with Gasteiger partial charge in [0.25, 0.3) is 0 Å². The smallest absolute Gasteiger partial charge is 0.326 e. The Labute approximate surface area is 125 Å². The van der Waals surface area contributed by atoms with Crippen molar-refractivity contribution in [3.8, 4) is 0 Å². The molecule has 0 aliphatic rings. The van der Waals surface area contributed by atoms with Gasteiger partial charge in [-0.2, -0.15) is 0 Å². The van der Waals surface area contributed by atoms with Gasteiger partial charge in [-0.25, -0.2) is 4.79 Å². The minimum absolute atomic E-state index is 0.335. The van der Waals surface area contributed by atoms with Crippen molar-refractivity contribution in [2.24, 2.45) is 11.1 Å². The van der Waals surface area contributed by atoms with Crippen LogP contribution in [0.25, 0.3) is 0 Å². The Hall–Kier alpha value is -1.88. The van der Waals surface area contributed by atoms with Crippen LogP contribution in [0.5, 0.6) is 0 Å². The number of aliphatic carboxylic acids is 1. The summed E-state index contributed by atoms with van der Waals surface area (Å²) in [5.41, 5.74) is 6.47. The highest BCUT2D eigenvalue weighted by atomic mass is 16.4. The number of hydrogen-bond acceptors (Lipinski definition) is 3. The molecule has 1 aromatic rings. The lowest BCUT2D eigenvalue weighted by Crippen LogP contribution is -2.53.